The fourth-order valence-electron chi connectivity index (χ4n) is 2.23. The fraction of sp³-hybridized carbons (Fsp3) is 0.118. The van der Waals surface area contributed by atoms with E-state index in [2.05, 4.69) is 15.4 Å². The molecule has 3 N–H and O–H groups in total. The molecular weight excluding hydrogens is 358 g/mol. The van der Waals surface area contributed by atoms with Crippen molar-refractivity contribution in [3.63, 3.8) is 0 Å². The molecule has 0 saturated heterocycles. The Morgan fingerprint density at radius 3 is 2.80 bits per heavy atom. The molecule has 0 radical (unpaired) electrons. The molecule has 2 heterocycles. The zero-order chi connectivity index (χ0) is 18.0. The number of halogens is 1. The monoisotopic (exact) mass is 373 g/mol. The summed E-state index contributed by atoms with van der Waals surface area (Å²) in [5.41, 5.74) is 8.38. The van der Waals surface area contributed by atoms with Gasteiger partial charge in [-0.05, 0) is 37.1 Å². The summed E-state index contributed by atoms with van der Waals surface area (Å²) in [5.74, 6) is 0.264. The summed E-state index contributed by atoms with van der Waals surface area (Å²) in [7, 11) is 0. The van der Waals surface area contributed by atoms with Crippen LogP contribution in [0.5, 0.6) is 0 Å². The highest BCUT2D eigenvalue weighted by Crippen LogP contribution is 2.29. The Kier molecular flexibility index (Phi) is 4.87. The van der Waals surface area contributed by atoms with Gasteiger partial charge in [0.05, 0.1) is 11.1 Å². The Bertz CT molecular complexity index is 1010. The number of hydrogen-bond donors (Lipinski definition) is 2. The molecule has 0 bridgehead atoms. The quantitative estimate of drug-likeness (QED) is 0.681. The Morgan fingerprint density at radius 2 is 2.08 bits per heavy atom. The van der Waals surface area contributed by atoms with E-state index in [0.717, 1.165) is 21.5 Å². The number of rotatable bonds is 4. The van der Waals surface area contributed by atoms with E-state index in [1.807, 2.05) is 31.2 Å². The molecule has 128 valence electrons. The van der Waals surface area contributed by atoms with Gasteiger partial charge < -0.3 is 11.1 Å². The van der Waals surface area contributed by atoms with Crippen LogP contribution in [0.25, 0.3) is 0 Å². The number of nitrogens with zero attached hydrogens (tertiary/aromatic N) is 3. The summed E-state index contributed by atoms with van der Waals surface area (Å²) >= 11 is 7.51. The third-order valence-corrected chi connectivity index (χ3v) is 4.77. The summed E-state index contributed by atoms with van der Waals surface area (Å²) < 4.78 is 1.12. The molecule has 0 saturated carbocycles. The summed E-state index contributed by atoms with van der Waals surface area (Å²) in [5, 5.41) is 8.31. The number of anilines is 3. The second kappa shape index (κ2) is 7.08. The van der Waals surface area contributed by atoms with E-state index >= 15 is 0 Å². The second-order valence-electron chi connectivity index (χ2n) is 5.47. The molecule has 0 spiro atoms. The lowest BCUT2D eigenvalue weighted by molar-refractivity contribution is 0.844. The van der Waals surface area contributed by atoms with Crippen LogP contribution in [-0.2, 0) is 0 Å². The minimum Gasteiger partial charge on any atom is -0.384 e. The van der Waals surface area contributed by atoms with Gasteiger partial charge in [0.15, 0.2) is 10.3 Å². The molecule has 25 heavy (non-hydrogen) atoms. The maximum atomic E-state index is 12.0. The summed E-state index contributed by atoms with van der Waals surface area (Å²) in [6.07, 6.45) is 1.48. The third kappa shape index (κ3) is 3.89. The molecule has 6 nitrogen and oxygen atoms in total. The Labute approximate surface area is 153 Å². The van der Waals surface area contributed by atoms with E-state index in [1.54, 1.807) is 13.0 Å². The molecule has 0 aliphatic rings. The van der Waals surface area contributed by atoms with Crippen molar-refractivity contribution in [2.75, 3.05) is 11.1 Å². The molecule has 1 aromatic carbocycles. The van der Waals surface area contributed by atoms with Crippen LogP contribution >= 0.6 is 22.9 Å². The summed E-state index contributed by atoms with van der Waals surface area (Å²) in [6, 6.07) is 11.0. The van der Waals surface area contributed by atoms with Gasteiger partial charge in [-0.2, -0.15) is 9.78 Å². The van der Waals surface area contributed by atoms with E-state index in [-0.39, 0.29) is 11.4 Å². The van der Waals surface area contributed by atoms with Gasteiger partial charge in [-0.1, -0.05) is 41.1 Å². The van der Waals surface area contributed by atoms with Crippen LogP contribution in [0, 0.1) is 13.8 Å². The van der Waals surface area contributed by atoms with Crippen molar-refractivity contribution in [2.24, 2.45) is 5.10 Å². The highest BCUT2D eigenvalue weighted by atomic mass is 35.5. The predicted octanol–water partition coefficient (Wildman–Crippen LogP) is 3.78. The van der Waals surface area contributed by atoms with Crippen LogP contribution in [0.1, 0.15) is 16.0 Å². The Balaban J connectivity index is 1.86. The first kappa shape index (κ1) is 17.2. The van der Waals surface area contributed by atoms with Crippen molar-refractivity contribution in [1.82, 2.24) is 9.66 Å². The first-order valence-electron chi connectivity index (χ1n) is 7.46. The summed E-state index contributed by atoms with van der Waals surface area (Å²) in [6.45, 7) is 3.81. The minimum atomic E-state index is -0.298. The lowest BCUT2D eigenvalue weighted by atomic mass is 10.2. The van der Waals surface area contributed by atoms with E-state index in [1.165, 1.54) is 23.6 Å². The minimum absolute atomic E-state index is 0.264. The Hall–Kier alpha value is -2.64. The van der Waals surface area contributed by atoms with Crippen molar-refractivity contribution in [2.45, 2.75) is 13.8 Å². The third-order valence-electron chi connectivity index (χ3n) is 3.47. The van der Waals surface area contributed by atoms with Crippen LogP contribution in [0.15, 0.2) is 46.3 Å². The normalized spacial score (nSPS) is 11.2. The molecule has 3 rings (SSSR count). The first-order chi connectivity index (χ1) is 11.9. The highest BCUT2D eigenvalue weighted by Gasteiger charge is 2.09. The number of benzene rings is 1. The number of aryl methyl sites for hydroxylation is 2. The fourth-order valence-corrected chi connectivity index (χ4v) is 3.26. The van der Waals surface area contributed by atoms with Crippen molar-refractivity contribution in [1.29, 1.82) is 0 Å². The SMILES string of the molecule is Cc1cc(N)n(/N=C/c2sc(Nc3ccccc3C)nc2Cl)c(=O)c1. The van der Waals surface area contributed by atoms with Gasteiger partial charge in [0.25, 0.3) is 5.56 Å². The molecule has 8 heteroatoms. The number of nitrogens with two attached hydrogens (primary N) is 1. The number of nitrogen functional groups attached to an aromatic ring is 1. The zero-order valence-corrected chi connectivity index (χ0v) is 15.2. The van der Waals surface area contributed by atoms with Crippen molar-refractivity contribution in [3.05, 3.63) is 67.9 Å². The number of hydrogen-bond acceptors (Lipinski definition) is 6. The maximum Gasteiger partial charge on any atom is 0.273 e. The van der Waals surface area contributed by atoms with E-state index in [0.29, 0.717) is 15.2 Å². The van der Waals surface area contributed by atoms with Crippen LogP contribution in [0.3, 0.4) is 0 Å². The molecule has 3 aromatic rings. The van der Waals surface area contributed by atoms with Crippen LogP contribution < -0.4 is 16.6 Å². The van der Waals surface area contributed by atoms with Crippen molar-refractivity contribution >= 4 is 45.8 Å². The lowest BCUT2D eigenvalue weighted by Crippen LogP contribution is -2.19. The average molecular weight is 374 g/mol. The van der Waals surface area contributed by atoms with Crippen molar-refractivity contribution < 1.29 is 0 Å². The number of para-hydroxylation sites is 1. The predicted molar refractivity (Wildman–Crippen MR) is 104 cm³/mol. The topological polar surface area (TPSA) is 85.3 Å². The second-order valence-corrected chi connectivity index (χ2v) is 6.85. The van der Waals surface area contributed by atoms with Crippen molar-refractivity contribution in [3.8, 4) is 0 Å². The zero-order valence-electron chi connectivity index (χ0n) is 13.7. The average Bonchev–Trinajstić information content (AvgIpc) is 2.88. The Morgan fingerprint density at radius 1 is 1.32 bits per heavy atom. The standard InChI is InChI=1S/C17H16ClN5OS/c1-10-7-14(19)23(15(24)8-10)20-9-13-16(18)22-17(25-13)21-12-6-4-3-5-11(12)2/h3-9H,19H2,1-2H3,(H,21,22)/b20-9+. The maximum absolute atomic E-state index is 12.0. The van der Waals surface area contributed by atoms with Gasteiger partial charge in [-0.15, -0.1) is 0 Å². The molecule has 0 amide bonds. The van der Waals surface area contributed by atoms with Gasteiger partial charge in [0, 0.05) is 11.8 Å². The van der Waals surface area contributed by atoms with Gasteiger partial charge in [-0.3, -0.25) is 4.79 Å². The number of thiazole rings is 1. The number of aromatic nitrogens is 2. The summed E-state index contributed by atoms with van der Waals surface area (Å²) in [4.78, 5) is 16.9. The molecular formula is C17H16ClN5OS. The van der Waals surface area contributed by atoms with Gasteiger partial charge >= 0.3 is 0 Å². The molecule has 0 aliphatic carbocycles. The number of nitrogens with one attached hydrogen (secondary N) is 1. The van der Waals surface area contributed by atoms with Gasteiger partial charge in [0.2, 0.25) is 0 Å². The van der Waals surface area contributed by atoms with E-state index in [9.17, 15) is 4.79 Å². The largest absolute Gasteiger partial charge is 0.384 e. The van der Waals surface area contributed by atoms with E-state index < -0.39 is 0 Å². The molecule has 0 atom stereocenters. The van der Waals surface area contributed by atoms with Gasteiger partial charge in [-0.25, -0.2) is 4.98 Å². The van der Waals surface area contributed by atoms with Crippen LogP contribution in [0.4, 0.5) is 16.6 Å². The van der Waals surface area contributed by atoms with Crippen LogP contribution in [-0.4, -0.2) is 15.9 Å². The molecule has 0 aliphatic heterocycles. The lowest BCUT2D eigenvalue weighted by Gasteiger charge is -2.05. The smallest absolute Gasteiger partial charge is 0.273 e. The number of pyridine rings is 1. The molecule has 0 fully saturated rings. The van der Waals surface area contributed by atoms with Crippen LogP contribution in [0.2, 0.25) is 5.15 Å². The van der Waals surface area contributed by atoms with Gasteiger partial charge in [0.1, 0.15) is 5.82 Å². The van der Waals surface area contributed by atoms with E-state index in [4.69, 9.17) is 17.3 Å². The molecule has 0 unspecified atom stereocenters. The molecule has 2 aromatic heterocycles. The highest BCUT2D eigenvalue weighted by molar-refractivity contribution is 7.17. The first-order valence-corrected chi connectivity index (χ1v) is 8.66.